The average molecular weight is 412 g/mol. The molecule has 6 nitrogen and oxygen atoms in total. The van der Waals surface area contributed by atoms with Crippen molar-refractivity contribution in [2.75, 3.05) is 5.32 Å². The summed E-state index contributed by atoms with van der Waals surface area (Å²) in [5.74, 6) is 0.0604. The molecule has 154 valence electrons. The fourth-order valence-electron chi connectivity index (χ4n) is 2.84. The highest BCUT2D eigenvalue weighted by Gasteiger charge is 2.24. The van der Waals surface area contributed by atoms with Crippen molar-refractivity contribution < 1.29 is 4.79 Å². The summed E-state index contributed by atoms with van der Waals surface area (Å²) < 4.78 is 1.76. The Kier molecular flexibility index (Phi) is 6.19. The largest absolute Gasteiger partial charge is 0.322 e. The van der Waals surface area contributed by atoms with Gasteiger partial charge in [0.05, 0.1) is 24.0 Å². The lowest BCUT2D eigenvalue weighted by molar-refractivity contribution is 0.101. The Balaban J connectivity index is 1.86. The normalized spacial score (nSPS) is 12.9. The number of benzene rings is 1. The summed E-state index contributed by atoms with van der Waals surface area (Å²) in [7, 11) is 0. The number of aromatic nitrogens is 3. The van der Waals surface area contributed by atoms with Crippen molar-refractivity contribution in [3.05, 3.63) is 64.4 Å². The molecule has 3 aromatic rings. The van der Waals surface area contributed by atoms with Gasteiger partial charge in [-0.25, -0.2) is 4.98 Å². The minimum Gasteiger partial charge on any atom is -0.322 e. The van der Waals surface area contributed by atoms with Crippen LogP contribution in [0.25, 0.3) is 0 Å². The average Bonchev–Trinajstić information content (AvgIpc) is 3.29. The van der Waals surface area contributed by atoms with E-state index in [1.807, 2.05) is 41.8 Å². The monoisotopic (exact) mass is 411 g/mol. The molecule has 1 unspecified atom stereocenters. The lowest BCUT2D eigenvalue weighted by Gasteiger charge is -2.14. The molecule has 2 heterocycles. The number of nitrogens with two attached hydrogens (primary N) is 1. The van der Waals surface area contributed by atoms with Gasteiger partial charge in [-0.1, -0.05) is 65.0 Å². The molecule has 1 atom stereocenters. The highest BCUT2D eigenvalue weighted by molar-refractivity contribution is 7.14. The van der Waals surface area contributed by atoms with Crippen LogP contribution in [0.5, 0.6) is 0 Å². The Hall–Kier alpha value is -2.51. The van der Waals surface area contributed by atoms with E-state index in [9.17, 15) is 4.79 Å². The van der Waals surface area contributed by atoms with Gasteiger partial charge >= 0.3 is 0 Å². The van der Waals surface area contributed by atoms with E-state index in [4.69, 9.17) is 10.8 Å². The van der Waals surface area contributed by atoms with Crippen LogP contribution in [0.3, 0.4) is 0 Å². The molecule has 0 saturated heterocycles. The van der Waals surface area contributed by atoms with Gasteiger partial charge in [-0.15, -0.1) is 11.3 Å². The highest BCUT2D eigenvalue weighted by Crippen LogP contribution is 2.26. The quantitative estimate of drug-likeness (QED) is 0.621. The van der Waals surface area contributed by atoms with Gasteiger partial charge in [0.2, 0.25) is 0 Å². The van der Waals surface area contributed by atoms with Gasteiger partial charge in [-0.2, -0.15) is 5.10 Å². The molecule has 1 aromatic carbocycles. The standard InChI is InChI=1S/C22H29N5OS/c1-14(2)19(23)16-13-29-21(24-16)25-20(28)17-11-18(22(3,4)5)26-27(17)12-15-9-7-6-8-10-15/h6-11,13-14,19H,12,23H2,1-5H3,(H,24,25,28). The smallest absolute Gasteiger partial charge is 0.275 e. The summed E-state index contributed by atoms with van der Waals surface area (Å²) in [4.78, 5) is 17.5. The van der Waals surface area contributed by atoms with Crippen LogP contribution in [0.1, 0.15) is 68.1 Å². The molecular weight excluding hydrogens is 382 g/mol. The molecule has 3 rings (SSSR count). The molecule has 0 saturated carbocycles. The number of nitrogens with one attached hydrogen (secondary N) is 1. The predicted octanol–water partition coefficient (Wildman–Crippen LogP) is 4.59. The number of hydrogen-bond donors (Lipinski definition) is 2. The number of rotatable bonds is 6. The summed E-state index contributed by atoms with van der Waals surface area (Å²) in [5, 5.41) is 10.1. The minimum absolute atomic E-state index is 0.145. The first kappa shape index (κ1) is 21.2. The Morgan fingerprint density at radius 2 is 1.93 bits per heavy atom. The van der Waals surface area contributed by atoms with Crippen molar-refractivity contribution in [3.8, 4) is 0 Å². The van der Waals surface area contributed by atoms with E-state index in [1.165, 1.54) is 11.3 Å². The zero-order valence-electron chi connectivity index (χ0n) is 17.6. The topological polar surface area (TPSA) is 85.8 Å². The van der Waals surface area contributed by atoms with Gasteiger partial charge in [0, 0.05) is 10.8 Å². The van der Waals surface area contributed by atoms with Crippen LogP contribution < -0.4 is 11.1 Å². The maximum atomic E-state index is 13.0. The lowest BCUT2D eigenvalue weighted by atomic mass is 9.92. The zero-order valence-corrected chi connectivity index (χ0v) is 18.5. The number of nitrogens with zero attached hydrogens (tertiary/aromatic N) is 3. The molecule has 29 heavy (non-hydrogen) atoms. The molecule has 0 aliphatic heterocycles. The molecule has 2 aromatic heterocycles. The molecule has 7 heteroatoms. The van der Waals surface area contributed by atoms with Gasteiger partial charge in [-0.05, 0) is 17.5 Å². The summed E-state index contributed by atoms with van der Waals surface area (Å²) in [5.41, 5.74) is 9.29. The van der Waals surface area contributed by atoms with Gasteiger partial charge in [0.15, 0.2) is 5.13 Å². The van der Waals surface area contributed by atoms with E-state index in [-0.39, 0.29) is 23.3 Å². The van der Waals surface area contributed by atoms with Crippen molar-refractivity contribution in [3.63, 3.8) is 0 Å². The number of carbonyl (C=O) groups is 1. The van der Waals surface area contributed by atoms with Gasteiger partial charge in [0.1, 0.15) is 5.69 Å². The Morgan fingerprint density at radius 3 is 2.55 bits per heavy atom. The van der Waals surface area contributed by atoms with Crippen LogP contribution >= 0.6 is 11.3 Å². The Morgan fingerprint density at radius 1 is 1.24 bits per heavy atom. The second kappa shape index (κ2) is 8.47. The van der Waals surface area contributed by atoms with Gasteiger partial charge < -0.3 is 5.73 Å². The molecule has 0 aliphatic rings. The summed E-state index contributed by atoms with van der Waals surface area (Å²) in [6, 6.07) is 11.7. The van der Waals surface area contributed by atoms with E-state index in [0.717, 1.165) is 17.0 Å². The highest BCUT2D eigenvalue weighted by atomic mass is 32.1. The molecule has 1 amide bonds. The maximum absolute atomic E-state index is 13.0. The first-order valence-corrected chi connectivity index (χ1v) is 10.7. The van der Waals surface area contributed by atoms with Crippen LogP contribution in [0.4, 0.5) is 5.13 Å². The molecule has 0 fully saturated rings. The van der Waals surface area contributed by atoms with E-state index in [1.54, 1.807) is 4.68 Å². The van der Waals surface area contributed by atoms with Crippen molar-refractivity contribution in [2.45, 2.75) is 52.6 Å². The van der Waals surface area contributed by atoms with Gasteiger partial charge in [-0.3, -0.25) is 14.8 Å². The van der Waals surface area contributed by atoms with E-state index in [2.05, 4.69) is 44.9 Å². The fourth-order valence-corrected chi connectivity index (χ4v) is 3.59. The Bertz CT molecular complexity index is 969. The maximum Gasteiger partial charge on any atom is 0.275 e. The number of anilines is 1. The number of thiazole rings is 1. The molecule has 3 N–H and O–H groups in total. The first-order valence-electron chi connectivity index (χ1n) is 9.79. The number of carbonyl (C=O) groups excluding carboxylic acids is 1. The van der Waals surface area contributed by atoms with Crippen molar-refractivity contribution in [2.24, 2.45) is 11.7 Å². The molecule has 0 bridgehead atoms. The van der Waals surface area contributed by atoms with Crippen molar-refractivity contribution in [1.29, 1.82) is 0 Å². The molecule has 0 aliphatic carbocycles. The Labute approximate surface area is 176 Å². The lowest BCUT2D eigenvalue weighted by Crippen LogP contribution is -2.19. The molecule has 0 spiro atoms. The molecule has 0 radical (unpaired) electrons. The first-order chi connectivity index (χ1) is 13.6. The summed E-state index contributed by atoms with van der Waals surface area (Å²) in [6.45, 7) is 10.9. The summed E-state index contributed by atoms with van der Waals surface area (Å²) >= 11 is 1.39. The van der Waals surface area contributed by atoms with E-state index < -0.39 is 0 Å². The zero-order chi connectivity index (χ0) is 21.2. The van der Waals surface area contributed by atoms with E-state index >= 15 is 0 Å². The number of amides is 1. The van der Waals surface area contributed by atoms with Gasteiger partial charge in [0.25, 0.3) is 5.91 Å². The third kappa shape index (κ3) is 5.10. The van der Waals surface area contributed by atoms with Crippen molar-refractivity contribution >= 4 is 22.4 Å². The van der Waals surface area contributed by atoms with Crippen LogP contribution in [-0.4, -0.2) is 20.7 Å². The minimum atomic E-state index is -0.219. The van der Waals surface area contributed by atoms with Crippen LogP contribution in [0.15, 0.2) is 41.8 Å². The number of hydrogen-bond acceptors (Lipinski definition) is 5. The van der Waals surface area contributed by atoms with E-state index in [0.29, 0.717) is 17.4 Å². The third-order valence-corrected chi connectivity index (χ3v) is 5.53. The molecular formula is C22H29N5OS. The third-order valence-electron chi connectivity index (χ3n) is 4.76. The fraction of sp³-hybridized carbons (Fsp3) is 0.409. The van der Waals surface area contributed by atoms with Crippen LogP contribution in [-0.2, 0) is 12.0 Å². The van der Waals surface area contributed by atoms with Crippen LogP contribution in [0, 0.1) is 5.92 Å². The second-order valence-electron chi connectivity index (χ2n) is 8.61. The summed E-state index contributed by atoms with van der Waals surface area (Å²) in [6.07, 6.45) is 0. The SMILES string of the molecule is CC(C)C(N)c1csc(NC(=O)c2cc(C(C)(C)C)nn2Cc2ccccc2)n1. The second-order valence-corrected chi connectivity index (χ2v) is 9.47. The predicted molar refractivity (Wildman–Crippen MR) is 118 cm³/mol. The van der Waals surface area contributed by atoms with Crippen molar-refractivity contribution in [1.82, 2.24) is 14.8 Å². The van der Waals surface area contributed by atoms with Crippen LogP contribution in [0.2, 0.25) is 0 Å².